The number of nitrogens with two attached hydrogens (primary N) is 1. The lowest BCUT2D eigenvalue weighted by Gasteiger charge is -2.14. The van der Waals surface area contributed by atoms with Gasteiger partial charge < -0.3 is 5.73 Å². The molecule has 0 bridgehead atoms. The van der Waals surface area contributed by atoms with Gasteiger partial charge >= 0.3 is 0 Å². The molecule has 2 rings (SSSR count). The van der Waals surface area contributed by atoms with Gasteiger partial charge in [0.1, 0.15) is 10.7 Å². The normalized spacial score (nSPS) is 11.6. The van der Waals surface area contributed by atoms with Crippen LogP contribution in [0.1, 0.15) is 25.3 Å². The summed E-state index contributed by atoms with van der Waals surface area (Å²) in [5.74, 6) is 0.505. The van der Waals surface area contributed by atoms with E-state index in [-0.39, 0.29) is 16.6 Å². The highest BCUT2D eigenvalue weighted by atomic mass is 32.2. The molecule has 6 heteroatoms. The summed E-state index contributed by atoms with van der Waals surface area (Å²) >= 11 is 0. The van der Waals surface area contributed by atoms with Crippen LogP contribution >= 0.6 is 0 Å². The summed E-state index contributed by atoms with van der Waals surface area (Å²) in [5.41, 5.74) is 6.99. The second-order valence-electron chi connectivity index (χ2n) is 4.77. The van der Waals surface area contributed by atoms with Gasteiger partial charge in [-0.1, -0.05) is 32.0 Å². The first-order valence-corrected chi connectivity index (χ1v) is 7.72. The molecule has 0 saturated heterocycles. The van der Waals surface area contributed by atoms with Gasteiger partial charge in [0.05, 0.1) is 5.69 Å². The smallest absolute Gasteiger partial charge is 0.263 e. The van der Waals surface area contributed by atoms with E-state index >= 15 is 0 Å². The standard InChI is InChI=1S/C14H17N3O2S/c1-10(2)12-5-3-4-6-13(12)17-20(18,19)11-7-8-14(15)16-9-11/h3-10,17H,1-2H3,(H2,15,16). The molecule has 0 saturated carbocycles. The molecule has 106 valence electrons. The molecule has 2 aromatic rings. The minimum atomic E-state index is -3.65. The molecule has 3 N–H and O–H groups in total. The monoisotopic (exact) mass is 291 g/mol. The number of rotatable bonds is 4. The molecule has 1 aromatic carbocycles. The quantitative estimate of drug-likeness (QED) is 0.906. The lowest BCUT2D eigenvalue weighted by atomic mass is 10.0. The summed E-state index contributed by atoms with van der Waals surface area (Å²) in [6, 6.07) is 10.2. The van der Waals surface area contributed by atoms with Crippen molar-refractivity contribution in [2.24, 2.45) is 0 Å². The van der Waals surface area contributed by atoms with Gasteiger partial charge in [-0.3, -0.25) is 4.72 Å². The van der Waals surface area contributed by atoms with Crippen LogP contribution in [0.4, 0.5) is 11.5 Å². The van der Waals surface area contributed by atoms with E-state index in [0.29, 0.717) is 5.69 Å². The van der Waals surface area contributed by atoms with E-state index in [4.69, 9.17) is 5.73 Å². The first-order chi connectivity index (χ1) is 9.40. The third-order valence-corrected chi connectivity index (χ3v) is 4.25. The number of hydrogen-bond acceptors (Lipinski definition) is 4. The second-order valence-corrected chi connectivity index (χ2v) is 6.45. The summed E-state index contributed by atoms with van der Waals surface area (Å²) in [4.78, 5) is 3.89. The summed E-state index contributed by atoms with van der Waals surface area (Å²) in [5, 5.41) is 0. The molecule has 0 atom stereocenters. The number of pyridine rings is 1. The lowest BCUT2D eigenvalue weighted by molar-refractivity contribution is 0.600. The Labute approximate surface area is 118 Å². The van der Waals surface area contributed by atoms with Gasteiger partial charge in [-0.25, -0.2) is 13.4 Å². The maximum absolute atomic E-state index is 12.3. The zero-order valence-electron chi connectivity index (χ0n) is 11.4. The molecule has 0 radical (unpaired) electrons. The highest BCUT2D eigenvalue weighted by molar-refractivity contribution is 7.92. The Morgan fingerprint density at radius 3 is 2.45 bits per heavy atom. The Bertz CT molecular complexity index is 695. The van der Waals surface area contributed by atoms with Crippen molar-refractivity contribution in [2.75, 3.05) is 10.5 Å². The van der Waals surface area contributed by atoms with E-state index in [1.165, 1.54) is 18.3 Å². The van der Waals surface area contributed by atoms with Crippen molar-refractivity contribution in [2.45, 2.75) is 24.7 Å². The predicted molar refractivity (Wildman–Crippen MR) is 80.0 cm³/mol. The predicted octanol–water partition coefficient (Wildman–Crippen LogP) is 2.59. The number of para-hydroxylation sites is 1. The number of benzene rings is 1. The molecule has 0 spiro atoms. The number of nitrogens with one attached hydrogen (secondary N) is 1. The fourth-order valence-corrected chi connectivity index (χ4v) is 2.88. The highest BCUT2D eigenvalue weighted by Gasteiger charge is 2.17. The molecule has 0 unspecified atom stereocenters. The zero-order valence-corrected chi connectivity index (χ0v) is 12.2. The number of nitrogens with zero attached hydrogens (tertiary/aromatic N) is 1. The van der Waals surface area contributed by atoms with Crippen LogP contribution < -0.4 is 10.5 Å². The molecule has 0 fully saturated rings. The molecule has 0 aliphatic rings. The Balaban J connectivity index is 2.36. The SMILES string of the molecule is CC(C)c1ccccc1NS(=O)(=O)c1ccc(N)nc1. The maximum atomic E-state index is 12.3. The van der Waals surface area contributed by atoms with Crippen molar-refractivity contribution in [3.05, 3.63) is 48.2 Å². The molecular formula is C14H17N3O2S. The van der Waals surface area contributed by atoms with Crippen molar-refractivity contribution >= 4 is 21.5 Å². The highest BCUT2D eigenvalue weighted by Crippen LogP contribution is 2.26. The van der Waals surface area contributed by atoms with Crippen LogP contribution in [0, 0.1) is 0 Å². The molecule has 0 aliphatic carbocycles. The van der Waals surface area contributed by atoms with Crippen molar-refractivity contribution < 1.29 is 8.42 Å². The van der Waals surface area contributed by atoms with Gasteiger partial charge in [0.2, 0.25) is 0 Å². The van der Waals surface area contributed by atoms with E-state index in [2.05, 4.69) is 9.71 Å². The number of aromatic nitrogens is 1. The molecule has 5 nitrogen and oxygen atoms in total. The molecule has 0 amide bonds. The third-order valence-electron chi connectivity index (χ3n) is 2.90. The summed E-state index contributed by atoms with van der Waals surface area (Å²) in [6.45, 7) is 4.02. The van der Waals surface area contributed by atoms with Gasteiger partial charge in [-0.05, 0) is 29.7 Å². The van der Waals surface area contributed by atoms with Gasteiger partial charge in [0.15, 0.2) is 0 Å². The topological polar surface area (TPSA) is 85.1 Å². The lowest BCUT2D eigenvalue weighted by Crippen LogP contribution is -2.15. The zero-order chi connectivity index (χ0) is 14.8. The maximum Gasteiger partial charge on any atom is 0.263 e. The minimum Gasteiger partial charge on any atom is -0.384 e. The summed E-state index contributed by atoms with van der Waals surface area (Å²) < 4.78 is 27.2. The van der Waals surface area contributed by atoms with E-state index in [0.717, 1.165) is 5.56 Å². The molecule has 1 heterocycles. The van der Waals surface area contributed by atoms with Crippen molar-refractivity contribution in [1.29, 1.82) is 0 Å². The number of sulfonamides is 1. The van der Waals surface area contributed by atoms with E-state index in [9.17, 15) is 8.42 Å². The second kappa shape index (κ2) is 5.50. The Hall–Kier alpha value is -2.08. The van der Waals surface area contributed by atoms with Crippen molar-refractivity contribution in [3.8, 4) is 0 Å². The number of anilines is 2. The minimum absolute atomic E-state index is 0.0882. The Morgan fingerprint density at radius 1 is 1.15 bits per heavy atom. The van der Waals surface area contributed by atoms with E-state index in [1.54, 1.807) is 12.1 Å². The van der Waals surface area contributed by atoms with Crippen LogP contribution in [0.2, 0.25) is 0 Å². The van der Waals surface area contributed by atoms with E-state index < -0.39 is 10.0 Å². The van der Waals surface area contributed by atoms with Gasteiger partial charge in [-0.15, -0.1) is 0 Å². The largest absolute Gasteiger partial charge is 0.384 e. The Kier molecular flexibility index (Phi) is 3.94. The third kappa shape index (κ3) is 3.08. The number of hydrogen-bond donors (Lipinski definition) is 2. The van der Waals surface area contributed by atoms with Crippen LogP contribution in [-0.4, -0.2) is 13.4 Å². The summed E-state index contributed by atoms with van der Waals surface area (Å²) in [6.07, 6.45) is 1.25. The first kappa shape index (κ1) is 14.3. The van der Waals surface area contributed by atoms with Gasteiger partial charge in [0.25, 0.3) is 10.0 Å². The molecule has 20 heavy (non-hydrogen) atoms. The average Bonchev–Trinajstić information content (AvgIpc) is 2.39. The van der Waals surface area contributed by atoms with Gasteiger partial charge in [0, 0.05) is 6.20 Å². The van der Waals surface area contributed by atoms with Crippen molar-refractivity contribution in [1.82, 2.24) is 4.98 Å². The fourth-order valence-electron chi connectivity index (χ4n) is 1.85. The molecule has 1 aromatic heterocycles. The molecule has 0 aliphatic heterocycles. The Morgan fingerprint density at radius 2 is 1.85 bits per heavy atom. The van der Waals surface area contributed by atoms with Crippen LogP contribution in [0.15, 0.2) is 47.5 Å². The van der Waals surface area contributed by atoms with Crippen LogP contribution in [0.3, 0.4) is 0 Å². The summed E-state index contributed by atoms with van der Waals surface area (Å²) in [7, 11) is -3.65. The van der Waals surface area contributed by atoms with Crippen LogP contribution in [0.5, 0.6) is 0 Å². The van der Waals surface area contributed by atoms with E-state index in [1.807, 2.05) is 26.0 Å². The molecular weight excluding hydrogens is 274 g/mol. The van der Waals surface area contributed by atoms with Crippen LogP contribution in [-0.2, 0) is 10.0 Å². The average molecular weight is 291 g/mol. The first-order valence-electron chi connectivity index (χ1n) is 6.23. The van der Waals surface area contributed by atoms with Crippen LogP contribution in [0.25, 0.3) is 0 Å². The fraction of sp³-hybridized carbons (Fsp3) is 0.214. The van der Waals surface area contributed by atoms with Gasteiger partial charge in [-0.2, -0.15) is 0 Å². The van der Waals surface area contributed by atoms with Crippen molar-refractivity contribution in [3.63, 3.8) is 0 Å². The number of nitrogen functional groups attached to an aromatic ring is 1.